The molecule has 0 fully saturated rings. The zero-order valence-electron chi connectivity index (χ0n) is 14.1. The smallest absolute Gasteiger partial charge is 0.168 e. The molecule has 5 heteroatoms. The molecule has 0 aliphatic rings. The molecule has 5 nitrogen and oxygen atoms in total. The van der Waals surface area contributed by atoms with Crippen LogP contribution in [-0.4, -0.2) is 15.1 Å². The van der Waals surface area contributed by atoms with Crippen molar-refractivity contribution in [3.05, 3.63) is 96.2 Å². The molecule has 3 heterocycles. The van der Waals surface area contributed by atoms with Crippen molar-refractivity contribution >= 4 is 0 Å². The molecule has 0 aliphatic carbocycles. The van der Waals surface area contributed by atoms with Crippen molar-refractivity contribution in [2.45, 2.75) is 13.0 Å². The minimum Gasteiger partial charge on any atom is -0.489 e. The van der Waals surface area contributed by atoms with Crippen molar-refractivity contribution in [3.63, 3.8) is 0 Å². The standard InChI is InChI=1S/C21H17N3O2/c1-3-17(13-22-9-1)15-25-20-7-5-16(6-8-20)11-19-12-21(26-24-19)18-4-2-10-23-14-18/h1-10,12-14H,11,15H2. The molecule has 0 spiro atoms. The van der Waals surface area contributed by atoms with Crippen LogP contribution in [0.25, 0.3) is 11.3 Å². The number of hydrogen-bond acceptors (Lipinski definition) is 5. The van der Waals surface area contributed by atoms with E-state index in [-0.39, 0.29) is 0 Å². The predicted molar refractivity (Wildman–Crippen MR) is 97.6 cm³/mol. The third kappa shape index (κ3) is 3.95. The normalized spacial score (nSPS) is 10.6. The molecule has 4 aromatic rings. The van der Waals surface area contributed by atoms with Crippen LogP contribution in [0.2, 0.25) is 0 Å². The van der Waals surface area contributed by atoms with Gasteiger partial charge in [0.15, 0.2) is 5.76 Å². The molecule has 0 atom stereocenters. The molecule has 3 aromatic heterocycles. The van der Waals surface area contributed by atoms with Crippen LogP contribution in [0, 0.1) is 0 Å². The Morgan fingerprint density at radius 3 is 2.38 bits per heavy atom. The van der Waals surface area contributed by atoms with Gasteiger partial charge in [0.1, 0.15) is 12.4 Å². The van der Waals surface area contributed by atoms with Crippen LogP contribution in [0.3, 0.4) is 0 Å². The van der Waals surface area contributed by atoms with E-state index in [4.69, 9.17) is 9.26 Å². The molecule has 128 valence electrons. The molecule has 0 radical (unpaired) electrons. The van der Waals surface area contributed by atoms with Crippen LogP contribution in [0.15, 0.2) is 83.9 Å². The first-order valence-corrected chi connectivity index (χ1v) is 8.33. The summed E-state index contributed by atoms with van der Waals surface area (Å²) in [5, 5.41) is 4.15. The van der Waals surface area contributed by atoms with E-state index < -0.39 is 0 Å². The fourth-order valence-corrected chi connectivity index (χ4v) is 2.60. The van der Waals surface area contributed by atoms with E-state index in [1.54, 1.807) is 24.8 Å². The Morgan fingerprint density at radius 2 is 1.65 bits per heavy atom. The number of aromatic nitrogens is 3. The summed E-state index contributed by atoms with van der Waals surface area (Å²) in [6.07, 6.45) is 7.75. The number of benzene rings is 1. The molecule has 26 heavy (non-hydrogen) atoms. The molecule has 0 amide bonds. The van der Waals surface area contributed by atoms with E-state index in [1.165, 1.54) is 0 Å². The molecular formula is C21H17N3O2. The van der Waals surface area contributed by atoms with Gasteiger partial charge < -0.3 is 9.26 Å². The summed E-state index contributed by atoms with van der Waals surface area (Å²) in [5.74, 6) is 1.55. The number of hydrogen-bond donors (Lipinski definition) is 0. The van der Waals surface area contributed by atoms with Crippen LogP contribution in [-0.2, 0) is 13.0 Å². The largest absolute Gasteiger partial charge is 0.489 e. The minimum atomic E-state index is 0.505. The molecular weight excluding hydrogens is 326 g/mol. The van der Waals surface area contributed by atoms with Crippen molar-refractivity contribution in [1.29, 1.82) is 0 Å². The SMILES string of the molecule is c1cncc(COc2ccc(Cc3cc(-c4cccnc4)on3)cc2)c1. The first-order valence-electron chi connectivity index (χ1n) is 8.33. The Balaban J connectivity index is 1.38. The highest BCUT2D eigenvalue weighted by Crippen LogP contribution is 2.21. The molecule has 0 bridgehead atoms. The van der Waals surface area contributed by atoms with Gasteiger partial charge in [-0.3, -0.25) is 9.97 Å². The summed E-state index contributed by atoms with van der Waals surface area (Å²) < 4.78 is 11.2. The summed E-state index contributed by atoms with van der Waals surface area (Å²) in [5.41, 5.74) is 3.99. The minimum absolute atomic E-state index is 0.505. The molecule has 0 saturated heterocycles. The first-order chi connectivity index (χ1) is 12.9. The fourth-order valence-electron chi connectivity index (χ4n) is 2.60. The van der Waals surface area contributed by atoms with Crippen molar-refractivity contribution in [2.24, 2.45) is 0 Å². The second kappa shape index (κ2) is 7.61. The van der Waals surface area contributed by atoms with Crippen LogP contribution in [0.1, 0.15) is 16.8 Å². The van der Waals surface area contributed by atoms with Crippen LogP contribution < -0.4 is 4.74 Å². The second-order valence-electron chi connectivity index (χ2n) is 5.89. The Morgan fingerprint density at radius 1 is 0.846 bits per heavy atom. The molecule has 4 rings (SSSR count). The van der Waals surface area contributed by atoms with E-state index in [0.29, 0.717) is 13.0 Å². The highest BCUT2D eigenvalue weighted by atomic mass is 16.5. The third-order valence-electron chi connectivity index (χ3n) is 3.94. The average Bonchev–Trinajstić information content (AvgIpc) is 3.17. The van der Waals surface area contributed by atoms with E-state index in [9.17, 15) is 0 Å². The average molecular weight is 343 g/mol. The van der Waals surface area contributed by atoms with Crippen molar-refractivity contribution in [2.75, 3.05) is 0 Å². The van der Waals surface area contributed by atoms with Crippen LogP contribution in [0.4, 0.5) is 0 Å². The maximum Gasteiger partial charge on any atom is 0.168 e. The number of pyridine rings is 2. The third-order valence-corrected chi connectivity index (χ3v) is 3.94. The molecule has 0 N–H and O–H groups in total. The van der Waals surface area contributed by atoms with Gasteiger partial charge in [-0.05, 0) is 35.9 Å². The Kier molecular flexibility index (Phi) is 4.69. The monoisotopic (exact) mass is 343 g/mol. The summed E-state index contributed by atoms with van der Waals surface area (Å²) in [4.78, 5) is 8.18. The molecule has 0 aliphatic heterocycles. The lowest BCUT2D eigenvalue weighted by Crippen LogP contribution is -1.96. The first kappa shape index (κ1) is 16.0. The van der Waals surface area contributed by atoms with Gasteiger partial charge in [0, 0.05) is 48.4 Å². The highest BCUT2D eigenvalue weighted by Gasteiger charge is 2.07. The van der Waals surface area contributed by atoms with E-state index >= 15 is 0 Å². The quantitative estimate of drug-likeness (QED) is 0.522. The van der Waals surface area contributed by atoms with Crippen molar-refractivity contribution in [1.82, 2.24) is 15.1 Å². The maximum absolute atomic E-state index is 5.78. The van der Waals surface area contributed by atoms with Gasteiger partial charge >= 0.3 is 0 Å². The van der Waals surface area contributed by atoms with Gasteiger partial charge in [0.25, 0.3) is 0 Å². The number of rotatable bonds is 6. The van der Waals surface area contributed by atoms with Crippen molar-refractivity contribution in [3.8, 4) is 17.1 Å². The summed E-state index contributed by atoms with van der Waals surface area (Å²) >= 11 is 0. The van der Waals surface area contributed by atoms with E-state index in [0.717, 1.165) is 33.9 Å². The summed E-state index contributed by atoms with van der Waals surface area (Å²) in [7, 11) is 0. The zero-order valence-corrected chi connectivity index (χ0v) is 14.1. The Labute approximate surface area is 151 Å². The van der Waals surface area contributed by atoms with E-state index in [1.807, 2.05) is 54.6 Å². The van der Waals surface area contributed by atoms with Crippen LogP contribution in [0.5, 0.6) is 5.75 Å². The molecule has 1 aromatic carbocycles. The second-order valence-corrected chi connectivity index (χ2v) is 5.89. The van der Waals surface area contributed by atoms with E-state index in [2.05, 4.69) is 15.1 Å². The molecule has 0 saturated carbocycles. The van der Waals surface area contributed by atoms with Gasteiger partial charge in [-0.1, -0.05) is 23.4 Å². The fraction of sp³-hybridized carbons (Fsp3) is 0.0952. The van der Waals surface area contributed by atoms with Gasteiger partial charge in [-0.15, -0.1) is 0 Å². The number of nitrogens with zero attached hydrogens (tertiary/aromatic N) is 3. The van der Waals surface area contributed by atoms with Crippen LogP contribution >= 0.6 is 0 Å². The Hall–Kier alpha value is -3.47. The van der Waals surface area contributed by atoms with Gasteiger partial charge in [0.05, 0.1) is 5.69 Å². The van der Waals surface area contributed by atoms with Gasteiger partial charge in [-0.2, -0.15) is 0 Å². The lowest BCUT2D eigenvalue weighted by atomic mass is 10.1. The Bertz CT molecular complexity index is 951. The van der Waals surface area contributed by atoms with Crippen molar-refractivity contribution < 1.29 is 9.26 Å². The lowest BCUT2D eigenvalue weighted by molar-refractivity contribution is 0.305. The van der Waals surface area contributed by atoms with Gasteiger partial charge in [-0.25, -0.2) is 0 Å². The highest BCUT2D eigenvalue weighted by molar-refractivity contribution is 5.55. The maximum atomic E-state index is 5.78. The summed E-state index contributed by atoms with van der Waals surface area (Å²) in [6, 6.07) is 17.7. The summed E-state index contributed by atoms with van der Waals surface area (Å²) in [6.45, 7) is 0.505. The topological polar surface area (TPSA) is 61.0 Å². The van der Waals surface area contributed by atoms with Gasteiger partial charge in [0.2, 0.25) is 0 Å². The zero-order chi connectivity index (χ0) is 17.6. The predicted octanol–water partition coefficient (Wildman–Crippen LogP) is 4.30. The number of ether oxygens (including phenoxy) is 1. The lowest BCUT2D eigenvalue weighted by Gasteiger charge is -2.06. The molecule has 0 unspecified atom stereocenters.